The van der Waals surface area contributed by atoms with Gasteiger partial charge in [0.05, 0.1) is 65.9 Å². The number of rotatable bonds is 6. The predicted molar refractivity (Wildman–Crippen MR) is 213 cm³/mol. The summed E-state index contributed by atoms with van der Waals surface area (Å²) in [7, 11) is 0. The minimum atomic E-state index is -0.848. The van der Waals surface area contributed by atoms with Crippen LogP contribution in [0.25, 0.3) is 0 Å². The number of anilines is 4. The van der Waals surface area contributed by atoms with E-state index in [1.54, 1.807) is 48.5 Å². The second-order valence-corrected chi connectivity index (χ2v) is 14.4. The predicted octanol–water partition coefficient (Wildman–Crippen LogP) is 7.99. The maximum absolute atomic E-state index is 14.2. The lowest BCUT2D eigenvalue weighted by molar-refractivity contribution is 0.0902. The van der Waals surface area contributed by atoms with E-state index in [0.29, 0.717) is 9.80 Å². The van der Waals surface area contributed by atoms with E-state index in [0.717, 1.165) is 9.80 Å². The smallest absolute Gasteiger partial charge is 0.266 e. The Morgan fingerprint density at radius 3 is 0.712 bits per heavy atom. The Kier molecular flexibility index (Phi) is 7.79. The third-order valence-corrected chi connectivity index (χ3v) is 11.0. The monoisotopic (exact) mass is 818 g/mol. The van der Waals surface area contributed by atoms with E-state index in [4.69, 9.17) is 27.9 Å². The molecule has 15 heteroatoms. The summed E-state index contributed by atoms with van der Waals surface area (Å²) in [6.07, 6.45) is 0. The van der Waals surface area contributed by atoms with Crippen molar-refractivity contribution in [2.45, 2.75) is 0 Å². The zero-order valence-corrected chi connectivity index (χ0v) is 31.3. The second kappa shape index (κ2) is 12.9. The normalized spacial score (nSPS) is 15.4. The van der Waals surface area contributed by atoms with Crippen LogP contribution in [0.5, 0.6) is 11.5 Å². The molecule has 0 radical (unpaired) electrons. The Hall–Kier alpha value is -7.74. The lowest BCUT2D eigenvalue weighted by Gasteiger charge is -2.29. The Labute approximate surface area is 342 Å². The number of hydrogen-bond donors (Lipinski definition) is 0. The number of carbonyl (C=O) groups is 8. The van der Waals surface area contributed by atoms with Crippen LogP contribution in [0.1, 0.15) is 82.9 Å². The molecule has 10 rings (SSSR count). The number of halogens is 2. The molecule has 0 unspecified atom stereocenters. The van der Waals surface area contributed by atoms with Gasteiger partial charge in [0.1, 0.15) is 11.4 Å². The molecule has 13 nitrogen and oxygen atoms in total. The molecule has 0 aliphatic carbocycles. The summed E-state index contributed by atoms with van der Waals surface area (Å²) in [5.74, 6) is -7.38. The molecule has 6 aromatic rings. The molecule has 0 aromatic heterocycles. The molecule has 59 heavy (non-hydrogen) atoms. The first-order valence-electron chi connectivity index (χ1n) is 17.7. The van der Waals surface area contributed by atoms with Crippen molar-refractivity contribution in [3.8, 4) is 11.5 Å². The molecule has 0 saturated heterocycles. The minimum Gasteiger partial charge on any atom is -0.453 e. The van der Waals surface area contributed by atoms with Crippen molar-refractivity contribution < 1.29 is 43.1 Å². The average Bonchev–Trinajstić information content (AvgIpc) is 3.85. The highest BCUT2D eigenvalue weighted by atomic mass is 35.5. The minimum absolute atomic E-state index is 0.00264. The largest absolute Gasteiger partial charge is 0.453 e. The summed E-state index contributed by atoms with van der Waals surface area (Å²) < 4.78 is 6.55. The number of nitrogens with zero attached hydrogens (tertiary/aromatic N) is 4. The van der Waals surface area contributed by atoms with Gasteiger partial charge in [-0.3, -0.25) is 38.4 Å². The molecule has 0 atom stereocenters. The van der Waals surface area contributed by atoms with Crippen molar-refractivity contribution >= 4 is 93.2 Å². The van der Waals surface area contributed by atoms with E-state index in [1.165, 1.54) is 72.8 Å². The summed E-state index contributed by atoms with van der Waals surface area (Å²) in [4.78, 5) is 116. The quantitative estimate of drug-likeness (QED) is 0.152. The highest BCUT2D eigenvalue weighted by Gasteiger charge is 2.48. The number of carbonyl (C=O) groups excluding carboxylic acids is 8. The third-order valence-electron chi connectivity index (χ3n) is 10.4. The topological polar surface area (TPSA) is 159 Å². The van der Waals surface area contributed by atoms with Crippen molar-refractivity contribution in [2.75, 3.05) is 19.6 Å². The van der Waals surface area contributed by atoms with Gasteiger partial charge < -0.3 is 4.74 Å². The summed E-state index contributed by atoms with van der Waals surface area (Å²) in [5, 5.41) is -0.469. The van der Waals surface area contributed by atoms with Crippen molar-refractivity contribution in [1.29, 1.82) is 0 Å². The first-order valence-corrected chi connectivity index (χ1v) is 18.5. The van der Waals surface area contributed by atoms with Gasteiger partial charge in [-0.05, 0) is 72.8 Å². The standard InChI is InChI=1S/C44H20Cl2N4O9/c45-29-17-19-31(35(49-41(55)25-13-5-6-14-26(25)42(49)56)33(29)47-37(51)21-9-1-2-10-22(21)38(47)52)59-32-20-18-30(46)34(48-39(53)23-11-3-4-12-24(23)40(48)54)36(32)50-43(57)27-15-7-8-16-28(27)44(50)58/h1-20H. The molecular formula is C44H20Cl2N4O9. The van der Waals surface area contributed by atoms with Gasteiger partial charge in [-0.25, -0.2) is 19.6 Å². The summed E-state index contributed by atoms with van der Waals surface area (Å²) in [6, 6.07) is 29.0. The van der Waals surface area contributed by atoms with Crippen molar-refractivity contribution in [3.05, 3.63) is 176 Å². The van der Waals surface area contributed by atoms with Crippen LogP contribution in [0.3, 0.4) is 0 Å². The van der Waals surface area contributed by atoms with Crippen LogP contribution in [-0.4, -0.2) is 47.3 Å². The molecule has 0 bridgehead atoms. The van der Waals surface area contributed by atoms with Gasteiger partial charge in [0, 0.05) is 0 Å². The first-order chi connectivity index (χ1) is 28.5. The van der Waals surface area contributed by atoms with Gasteiger partial charge in [0.25, 0.3) is 47.3 Å². The van der Waals surface area contributed by atoms with E-state index in [-0.39, 0.29) is 77.4 Å². The molecule has 0 fully saturated rings. The van der Waals surface area contributed by atoms with Gasteiger partial charge in [-0.15, -0.1) is 0 Å². The summed E-state index contributed by atoms with van der Waals surface area (Å²) >= 11 is 13.7. The maximum atomic E-state index is 14.2. The molecule has 0 N–H and O–H groups in total. The molecule has 0 spiro atoms. The Morgan fingerprint density at radius 2 is 0.492 bits per heavy atom. The van der Waals surface area contributed by atoms with Crippen LogP contribution in [0.15, 0.2) is 121 Å². The van der Waals surface area contributed by atoms with Crippen LogP contribution in [0.4, 0.5) is 22.7 Å². The number of fused-ring (bicyclic) bond motifs is 4. The Morgan fingerprint density at radius 1 is 0.288 bits per heavy atom. The van der Waals surface area contributed by atoms with Crippen LogP contribution in [0, 0.1) is 0 Å². The van der Waals surface area contributed by atoms with Gasteiger partial charge in [-0.2, -0.15) is 0 Å². The Balaban J connectivity index is 1.22. The zero-order valence-electron chi connectivity index (χ0n) is 29.8. The first kappa shape index (κ1) is 35.7. The number of ether oxygens (including phenoxy) is 1. The number of imide groups is 4. The van der Waals surface area contributed by atoms with Crippen molar-refractivity contribution in [2.24, 2.45) is 0 Å². The van der Waals surface area contributed by atoms with E-state index in [1.807, 2.05) is 0 Å². The fraction of sp³-hybridized carbons (Fsp3) is 0. The van der Waals surface area contributed by atoms with Gasteiger partial charge >= 0.3 is 0 Å². The van der Waals surface area contributed by atoms with E-state index in [9.17, 15) is 38.4 Å². The molecule has 6 aromatic carbocycles. The molecule has 0 saturated carbocycles. The molecular weight excluding hydrogens is 799 g/mol. The fourth-order valence-corrected chi connectivity index (χ4v) is 8.26. The molecule has 4 aliphatic rings. The molecule has 284 valence electrons. The molecule has 8 amide bonds. The average molecular weight is 820 g/mol. The van der Waals surface area contributed by atoms with Crippen molar-refractivity contribution in [3.63, 3.8) is 0 Å². The maximum Gasteiger partial charge on any atom is 0.266 e. The van der Waals surface area contributed by atoms with Crippen LogP contribution < -0.4 is 24.3 Å². The SMILES string of the molecule is O=C1c2ccccc2C(=O)N1c1c(Cl)ccc(Oc2ccc(Cl)c(N3C(=O)c4ccccc4C3=O)c2N2C(=O)c3ccccc3C2=O)c1N1C(=O)c2ccccc2C1=O. The van der Waals surface area contributed by atoms with Gasteiger partial charge in [-0.1, -0.05) is 71.7 Å². The highest BCUT2D eigenvalue weighted by molar-refractivity contribution is 6.45. The van der Waals surface area contributed by atoms with E-state index in [2.05, 4.69) is 0 Å². The van der Waals surface area contributed by atoms with Crippen molar-refractivity contribution in [1.82, 2.24) is 0 Å². The van der Waals surface area contributed by atoms with Crippen LogP contribution >= 0.6 is 23.2 Å². The lowest BCUT2D eigenvalue weighted by atomic mass is 10.1. The lowest BCUT2D eigenvalue weighted by Crippen LogP contribution is -2.36. The highest BCUT2D eigenvalue weighted by Crippen LogP contribution is 2.53. The third kappa shape index (κ3) is 4.92. The zero-order chi connectivity index (χ0) is 41.0. The van der Waals surface area contributed by atoms with E-state index >= 15 is 0 Å². The Bertz CT molecular complexity index is 2710. The molecule has 4 aliphatic heterocycles. The van der Waals surface area contributed by atoms with Gasteiger partial charge in [0.15, 0.2) is 11.5 Å². The fourth-order valence-electron chi connectivity index (χ4n) is 7.78. The summed E-state index contributed by atoms with van der Waals surface area (Å²) in [5.41, 5.74) is -1.52. The second-order valence-electron chi connectivity index (χ2n) is 13.6. The number of amides is 8. The molecule has 4 heterocycles. The summed E-state index contributed by atoms with van der Waals surface area (Å²) in [6.45, 7) is 0. The van der Waals surface area contributed by atoms with E-state index < -0.39 is 58.6 Å². The van der Waals surface area contributed by atoms with Crippen LogP contribution in [0.2, 0.25) is 10.0 Å². The van der Waals surface area contributed by atoms with Gasteiger partial charge in [0.2, 0.25) is 0 Å². The number of hydrogen-bond acceptors (Lipinski definition) is 9. The van der Waals surface area contributed by atoms with Crippen LogP contribution in [-0.2, 0) is 0 Å². The number of benzene rings is 6.